The summed E-state index contributed by atoms with van der Waals surface area (Å²) in [5.41, 5.74) is 0.592. The molecular weight excluding hydrogens is 264 g/mol. The van der Waals surface area contributed by atoms with E-state index >= 15 is 0 Å². The Bertz CT molecular complexity index is 524. The van der Waals surface area contributed by atoms with Gasteiger partial charge in [0.2, 0.25) is 10.0 Å². The van der Waals surface area contributed by atoms with Gasteiger partial charge in [-0.3, -0.25) is 0 Å². The Hall–Kier alpha value is -1.11. The minimum atomic E-state index is -3.53. The Morgan fingerprint density at radius 3 is 2.74 bits per heavy atom. The van der Waals surface area contributed by atoms with Gasteiger partial charge >= 0.3 is 0 Å². The smallest absolute Gasteiger partial charge is 0.242 e. The van der Waals surface area contributed by atoms with Gasteiger partial charge in [-0.05, 0) is 31.9 Å². The van der Waals surface area contributed by atoms with Crippen molar-refractivity contribution in [3.63, 3.8) is 0 Å². The zero-order valence-electron chi connectivity index (χ0n) is 11.2. The van der Waals surface area contributed by atoms with Crippen LogP contribution < -0.4 is 10.0 Å². The first kappa shape index (κ1) is 14.3. The molecule has 19 heavy (non-hydrogen) atoms. The van der Waals surface area contributed by atoms with Crippen molar-refractivity contribution in [2.75, 3.05) is 19.0 Å². The summed E-state index contributed by atoms with van der Waals surface area (Å²) in [6.07, 6.45) is 1.86. The molecular formula is C13H20N2O3S. The van der Waals surface area contributed by atoms with Gasteiger partial charge in [0.25, 0.3) is 0 Å². The van der Waals surface area contributed by atoms with E-state index in [1.54, 1.807) is 31.3 Å². The lowest BCUT2D eigenvalue weighted by molar-refractivity contribution is 0.0902. The van der Waals surface area contributed by atoms with Crippen LogP contribution in [0.15, 0.2) is 29.2 Å². The zero-order chi connectivity index (χ0) is 13.9. The monoisotopic (exact) mass is 284 g/mol. The molecule has 6 heteroatoms. The third kappa shape index (κ3) is 3.26. The van der Waals surface area contributed by atoms with Gasteiger partial charge in [0.1, 0.15) is 4.90 Å². The summed E-state index contributed by atoms with van der Waals surface area (Å²) in [5.74, 6) is 0. The molecule has 1 aromatic carbocycles. The van der Waals surface area contributed by atoms with Gasteiger partial charge in [0, 0.05) is 19.7 Å². The maximum absolute atomic E-state index is 12.4. The number of anilines is 1. The van der Waals surface area contributed by atoms with E-state index in [-0.39, 0.29) is 17.0 Å². The number of nitrogens with one attached hydrogen (secondary N) is 2. The van der Waals surface area contributed by atoms with Crippen molar-refractivity contribution < 1.29 is 13.2 Å². The molecule has 1 saturated heterocycles. The SMILES string of the molecule is CNc1ccccc1S(=O)(=O)NC(C)C1CCCO1. The third-order valence-electron chi connectivity index (χ3n) is 3.31. The zero-order valence-corrected chi connectivity index (χ0v) is 12.0. The molecule has 5 nitrogen and oxygen atoms in total. The molecule has 1 heterocycles. The molecule has 1 fully saturated rings. The van der Waals surface area contributed by atoms with Gasteiger partial charge in [0.05, 0.1) is 11.8 Å². The summed E-state index contributed by atoms with van der Waals surface area (Å²) in [5, 5.41) is 2.89. The molecule has 1 aliphatic heterocycles. The fraction of sp³-hybridized carbons (Fsp3) is 0.538. The first-order valence-electron chi connectivity index (χ1n) is 6.45. The Labute approximate surface area is 114 Å². The molecule has 0 amide bonds. The highest BCUT2D eigenvalue weighted by Gasteiger charge is 2.27. The summed E-state index contributed by atoms with van der Waals surface area (Å²) in [6.45, 7) is 2.55. The second kappa shape index (κ2) is 5.90. The minimum Gasteiger partial charge on any atom is -0.387 e. The Morgan fingerprint density at radius 2 is 2.11 bits per heavy atom. The summed E-state index contributed by atoms with van der Waals surface area (Å²) < 4.78 is 33.0. The van der Waals surface area contributed by atoms with E-state index in [9.17, 15) is 8.42 Å². The van der Waals surface area contributed by atoms with Gasteiger partial charge in [-0.15, -0.1) is 0 Å². The predicted octanol–water partition coefficient (Wildman–Crippen LogP) is 1.57. The normalized spacial score (nSPS) is 21.3. The van der Waals surface area contributed by atoms with Crippen LogP contribution in [0, 0.1) is 0 Å². The average Bonchev–Trinajstić information content (AvgIpc) is 2.92. The van der Waals surface area contributed by atoms with Crippen LogP contribution in [0.5, 0.6) is 0 Å². The number of hydrogen-bond acceptors (Lipinski definition) is 4. The predicted molar refractivity (Wildman–Crippen MR) is 74.7 cm³/mol. The maximum atomic E-state index is 12.4. The molecule has 1 aliphatic rings. The number of hydrogen-bond donors (Lipinski definition) is 2. The summed E-state index contributed by atoms with van der Waals surface area (Å²) in [4.78, 5) is 0.266. The number of rotatable bonds is 5. The van der Waals surface area contributed by atoms with Crippen LogP contribution in [0.4, 0.5) is 5.69 Å². The van der Waals surface area contributed by atoms with E-state index in [4.69, 9.17) is 4.74 Å². The fourth-order valence-electron chi connectivity index (χ4n) is 2.29. The number of benzene rings is 1. The summed E-state index contributed by atoms with van der Waals surface area (Å²) >= 11 is 0. The first-order valence-corrected chi connectivity index (χ1v) is 7.93. The van der Waals surface area contributed by atoms with Gasteiger partial charge in [0.15, 0.2) is 0 Å². The highest BCUT2D eigenvalue weighted by atomic mass is 32.2. The van der Waals surface area contributed by atoms with Gasteiger partial charge in [-0.25, -0.2) is 13.1 Å². The largest absolute Gasteiger partial charge is 0.387 e. The van der Waals surface area contributed by atoms with Crippen molar-refractivity contribution in [3.8, 4) is 0 Å². The maximum Gasteiger partial charge on any atom is 0.242 e. The van der Waals surface area contributed by atoms with Crippen LogP contribution >= 0.6 is 0 Å². The molecule has 106 valence electrons. The molecule has 0 spiro atoms. The van der Waals surface area contributed by atoms with E-state index in [0.717, 1.165) is 12.8 Å². The highest BCUT2D eigenvalue weighted by Crippen LogP contribution is 2.22. The number of ether oxygens (including phenoxy) is 1. The molecule has 0 bridgehead atoms. The molecule has 0 aromatic heterocycles. The van der Waals surface area contributed by atoms with Crippen LogP contribution in [0.25, 0.3) is 0 Å². The van der Waals surface area contributed by atoms with Crippen molar-refractivity contribution in [1.82, 2.24) is 4.72 Å². The number of para-hydroxylation sites is 1. The van der Waals surface area contributed by atoms with E-state index in [0.29, 0.717) is 12.3 Å². The average molecular weight is 284 g/mol. The molecule has 0 saturated carbocycles. The van der Waals surface area contributed by atoms with Crippen LogP contribution in [0.2, 0.25) is 0 Å². The fourth-order valence-corrected chi connectivity index (χ4v) is 3.77. The van der Waals surface area contributed by atoms with Gasteiger partial charge < -0.3 is 10.1 Å². The van der Waals surface area contributed by atoms with Crippen molar-refractivity contribution >= 4 is 15.7 Å². The Balaban J connectivity index is 2.17. The topological polar surface area (TPSA) is 67.4 Å². The molecule has 2 atom stereocenters. The van der Waals surface area contributed by atoms with E-state index in [1.165, 1.54) is 0 Å². The van der Waals surface area contributed by atoms with Crippen molar-refractivity contribution in [2.45, 2.75) is 36.8 Å². The molecule has 0 aliphatic carbocycles. The Morgan fingerprint density at radius 1 is 1.37 bits per heavy atom. The lowest BCUT2D eigenvalue weighted by atomic mass is 10.1. The van der Waals surface area contributed by atoms with E-state index in [2.05, 4.69) is 10.0 Å². The molecule has 0 radical (unpaired) electrons. The first-order chi connectivity index (χ1) is 9.04. The lowest BCUT2D eigenvalue weighted by Crippen LogP contribution is -2.40. The van der Waals surface area contributed by atoms with Gasteiger partial charge in [-0.1, -0.05) is 12.1 Å². The van der Waals surface area contributed by atoms with E-state index < -0.39 is 10.0 Å². The Kier molecular flexibility index (Phi) is 4.44. The van der Waals surface area contributed by atoms with Crippen LogP contribution in [0.3, 0.4) is 0 Å². The van der Waals surface area contributed by atoms with E-state index in [1.807, 2.05) is 6.92 Å². The van der Waals surface area contributed by atoms with Crippen molar-refractivity contribution in [3.05, 3.63) is 24.3 Å². The molecule has 1 aromatic rings. The lowest BCUT2D eigenvalue weighted by Gasteiger charge is -2.20. The minimum absolute atomic E-state index is 0.0310. The van der Waals surface area contributed by atoms with Crippen molar-refractivity contribution in [1.29, 1.82) is 0 Å². The summed E-state index contributed by atoms with van der Waals surface area (Å²) in [7, 11) is -1.83. The van der Waals surface area contributed by atoms with Crippen LogP contribution in [-0.4, -0.2) is 34.2 Å². The molecule has 2 rings (SSSR count). The quantitative estimate of drug-likeness (QED) is 0.861. The van der Waals surface area contributed by atoms with Crippen molar-refractivity contribution in [2.24, 2.45) is 0 Å². The van der Waals surface area contributed by atoms with Crippen LogP contribution in [0.1, 0.15) is 19.8 Å². The highest BCUT2D eigenvalue weighted by molar-refractivity contribution is 7.89. The third-order valence-corrected chi connectivity index (χ3v) is 4.93. The molecule has 2 unspecified atom stereocenters. The second-order valence-electron chi connectivity index (χ2n) is 4.71. The molecule has 2 N–H and O–H groups in total. The summed E-state index contributed by atoms with van der Waals surface area (Å²) in [6, 6.07) is 6.62. The number of sulfonamides is 1. The van der Waals surface area contributed by atoms with Gasteiger partial charge in [-0.2, -0.15) is 0 Å². The standard InChI is InChI=1S/C13H20N2O3S/c1-10(12-7-5-9-18-12)15-19(16,17)13-8-4-3-6-11(13)14-2/h3-4,6,8,10,12,14-15H,5,7,9H2,1-2H3. The van der Waals surface area contributed by atoms with Crippen LogP contribution in [-0.2, 0) is 14.8 Å². The second-order valence-corrected chi connectivity index (χ2v) is 6.39.